The van der Waals surface area contributed by atoms with Gasteiger partial charge in [-0.05, 0) is 38.1 Å². The monoisotopic (exact) mass is 356 g/mol. The Morgan fingerprint density at radius 1 is 1.28 bits per heavy atom. The molecule has 0 fully saturated rings. The van der Waals surface area contributed by atoms with Crippen molar-refractivity contribution in [1.29, 1.82) is 0 Å². The maximum Gasteiger partial charge on any atom is 0.336 e. The van der Waals surface area contributed by atoms with Gasteiger partial charge in [-0.2, -0.15) is 0 Å². The van der Waals surface area contributed by atoms with Gasteiger partial charge in [-0.15, -0.1) is 0 Å². The van der Waals surface area contributed by atoms with Crippen LogP contribution in [-0.4, -0.2) is 22.7 Å². The molecular formula is C18H20N4O2S. The van der Waals surface area contributed by atoms with Crippen molar-refractivity contribution in [3.8, 4) is 5.75 Å². The van der Waals surface area contributed by atoms with Crippen LogP contribution in [-0.2, 0) is 6.54 Å². The lowest BCUT2D eigenvalue weighted by Crippen LogP contribution is -2.27. The molecule has 2 amide bonds. The molecule has 130 valence electrons. The second-order valence-corrected chi connectivity index (χ2v) is 5.89. The number of fused-ring (bicyclic) bond motifs is 1. The fraction of sp³-hybridized carbons (Fsp3) is 0.222. The van der Waals surface area contributed by atoms with Gasteiger partial charge in [-0.1, -0.05) is 31.0 Å². The number of urea groups is 1. The van der Waals surface area contributed by atoms with Crippen LogP contribution in [0.25, 0.3) is 11.0 Å². The zero-order valence-electron chi connectivity index (χ0n) is 14.4. The van der Waals surface area contributed by atoms with Crippen molar-refractivity contribution < 1.29 is 9.53 Å². The maximum absolute atomic E-state index is 12.7. The first-order valence-corrected chi connectivity index (χ1v) is 8.35. The zero-order valence-corrected chi connectivity index (χ0v) is 15.2. The summed E-state index contributed by atoms with van der Waals surface area (Å²) in [6, 6.07) is 12.5. The molecule has 0 spiro atoms. The van der Waals surface area contributed by atoms with E-state index in [0.717, 1.165) is 23.4 Å². The van der Waals surface area contributed by atoms with E-state index in [9.17, 15) is 4.79 Å². The summed E-state index contributed by atoms with van der Waals surface area (Å²) < 4.78 is 8.62. The molecule has 0 atom stereocenters. The topological polar surface area (TPSA) is 59.4 Å². The molecule has 0 aliphatic rings. The summed E-state index contributed by atoms with van der Waals surface area (Å²) in [6.45, 7) is 4.75. The summed E-state index contributed by atoms with van der Waals surface area (Å²) in [5.41, 5.74) is 2.98. The molecule has 25 heavy (non-hydrogen) atoms. The summed E-state index contributed by atoms with van der Waals surface area (Å²) in [5, 5.41) is 2.82. The number of nitrogens with zero attached hydrogens (tertiary/aromatic N) is 3. The van der Waals surface area contributed by atoms with Gasteiger partial charge in [-0.3, -0.25) is 0 Å². The number of ether oxygens (including phenoxy) is 1. The van der Waals surface area contributed by atoms with Crippen molar-refractivity contribution in [3.63, 3.8) is 0 Å². The molecule has 6 nitrogen and oxygen atoms in total. The number of carbonyl (C=O) groups excluding carboxylic acids is 1. The van der Waals surface area contributed by atoms with Gasteiger partial charge >= 0.3 is 6.03 Å². The molecule has 3 rings (SSSR count). The van der Waals surface area contributed by atoms with Crippen LogP contribution in [0.2, 0.25) is 0 Å². The highest BCUT2D eigenvalue weighted by molar-refractivity contribution is 7.82. The number of rotatable bonds is 4. The number of aryl methyl sites for hydroxylation is 2. The molecule has 2 aromatic carbocycles. The molecule has 0 unspecified atom stereocenters. The van der Waals surface area contributed by atoms with Crippen LogP contribution in [0.5, 0.6) is 5.75 Å². The van der Waals surface area contributed by atoms with Gasteiger partial charge in [0.1, 0.15) is 11.6 Å². The first kappa shape index (κ1) is 17.2. The molecule has 3 aromatic rings. The molecule has 0 saturated heterocycles. The largest absolute Gasteiger partial charge is 0.495 e. The predicted octanol–water partition coefficient (Wildman–Crippen LogP) is 4.26. The standard InChI is InChI=1S/C18H20N4O2S/c1-4-21-12(2)19-14-9-7-10-15(17(14)21)22(25)18(23)20-13-8-5-6-11-16(13)24-3/h5-11,25H,4H2,1-3H3,(H,20,23). The SMILES string of the molecule is CCn1c(C)nc2cccc(N(S)C(=O)Nc3ccccc3OC)c21. The van der Waals surface area contributed by atoms with Crippen LogP contribution in [0.15, 0.2) is 42.5 Å². The number of anilines is 2. The predicted molar refractivity (Wildman–Crippen MR) is 104 cm³/mol. The molecule has 0 aliphatic heterocycles. The van der Waals surface area contributed by atoms with Crippen molar-refractivity contribution in [2.45, 2.75) is 20.4 Å². The van der Waals surface area contributed by atoms with Gasteiger partial charge in [0, 0.05) is 6.54 Å². The van der Waals surface area contributed by atoms with E-state index in [1.807, 2.05) is 44.2 Å². The van der Waals surface area contributed by atoms with E-state index in [1.54, 1.807) is 19.2 Å². The Kier molecular flexibility index (Phi) is 4.85. The number of hydrogen-bond donors (Lipinski definition) is 2. The zero-order chi connectivity index (χ0) is 18.0. The van der Waals surface area contributed by atoms with E-state index < -0.39 is 0 Å². The summed E-state index contributed by atoms with van der Waals surface area (Å²) >= 11 is 4.42. The van der Waals surface area contributed by atoms with E-state index in [2.05, 4.69) is 27.7 Å². The Balaban J connectivity index is 1.96. The maximum atomic E-state index is 12.7. The lowest BCUT2D eigenvalue weighted by molar-refractivity contribution is 0.260. The molecule has 0 aliphatic carbocycles. The van der Waals surface area contributed by atoms with Crippen LogP contribution >= 0.6 is 12.8 Å². The minimum absolute atomic E-state index is 0.373. The Morgan fingerprint density at radius 2 is 2.04 bits per heavy atom. The molecule has 0 bridgehead atoms. The Morgan fingerprint density at radius 3 is 2.76 bits per heavy atom. The van der Waals surface area contributed by atoms with Crippen LogP contribution < -0.4 is 14.4 Å². The highest BCUT2D eigenvalue weighted by Gasteiger charge is 2.19. The normalized spacial score (nSPS) is 10.7. The summed E-state index contributed by atoms with van der Waals surface area (Å²) in [4.78, 5) is 17.2. The van der Waals surface area contributed by atoms with Gasteiger partial charge in [0.2, 0.25) is 0 Å². The fourth-order valence-electron chi connectivity index (χ4n) is 2.87. The number of amides is 2. The number of nitrogens with one attached hydrogen (secondary N) is 1. The number of carbonyl (C=O) groups is 1. The number of benzene rings is 2. The van der Waals surface area contributed by atoms with Crippen LogP contribution in [0.1, 0.15) is 12.7 Å². The molecule has 0 saturated carbocycles. The van der Waals surface area contributed by atoms with Crippen molar-refractivity contribution in [1.82, 2.24) is 9.55 Å². The van der Waals surface area contributed by atoms with Gasteiger partial charge < -0.3 is 14.6 Å². The van der Waals surface area contributed by atoms with Crippen LogP contribution in [0.3, 0.4) is 0 Å². The van der Waals surface area contributed by atoms with E-state index in [4.69, 9.17) is 4.74 Å². The first-order chi connectivity index (χ1) is 12.1. The van der Waals surface area contributed by atoms with Gasteiger partial charge in [0.05, 0.1) is 29.5 Å². The lowest BCUT2D eigenvalue weighted by atomic mass is 10.2. The lowest BCUT2D eigenvalue weighted by Gasteiger charge is -2.19. The number of hydrogen-bond acceptors (Lipinski definition) is 4. The average molecular weight is 356 g/mol. The van der Waals surface area contributed by atoms with Crippen molar-refractivity contribution in [3.05, 3.63) is 48.3 Å². The van der Waals surface area contributed by atoms with Crippen molar-refractivity contribution >= 4 is 41.3 Å². The van der Waals surface area contributed by atoms with Gasteiger partial charge in [0.25, 0.3) is 0 Å². The molecule has 1 aromatic heterocycles. The molecule has 7 heteroatoms. The number of methoxy groups -OCH3 is 1. The molecule has 1 N–H and O–H groups in total. The molecule has 0 radical (unpaired) electrons. The van der Waals surface area contributed by atoms with E-state index >= 15 is 0 Å². The van der Waals surface area contributed by atoms with Crippen molar-refractivity contribution in [2.75, 3.05) is 16.7 Å². The van der Waals surface area contributed by atoms with E-state index in [0.29, 0.717) is 17.1 Å². The third kappa shape index (κ3) is 3.15. The minimum atomic E-state index is -0.373. The van der Waals surface area contributed by atoms with Gasteiger partial charge in [-0.25, -0.2) is 14.1 Å². The van der Waals surface area contributed by atoms with Crippen LogP contribution in [0, 0.1) is 6.92 Å². The average Bonchev–Trinajstić information content (AvgIpc) is 2.96. The second kappa shape index (κ2) is 7.06. The Hall–Kier alpha value is -2.67. The summed E-state index contributed by atoms with van der Waals surface area (Å²) in [7, 11) is 1.56. The van der Waals surface area contributed by atoms with E-state index in [-0.39, 0.29) is 6.03 Å². The summed E-state index contributed by atoms with van der Waals surface area (Å²) in [6.07, 6.45) is 0. The highest BCUT2D eigenvalue weighted by Crippen LogP contribution is 2.30. The third-order valence-corrected chi connectivity index (χ3v) is 4.42. The minimum Gasteiger partial charge on any atom is -0.495 e. The second-order valence-electron chi connectivity index (χ2n) is 5.49. The highest BCUT2D eigenvalue weighted by atomic mass is 32.1. The summed E-state index contributed by atoms with van der Waals surface area (Å²) in [5.74, 6) is 1.49. The Labute approximate surface area is 152 Å². The Bertz CT molecular complexity index is 923. The molecular weight excluding hydrogens is 336 g/mol. The van der Waals surface area contributed by atoms with E-state index in [1.165, 1.54) is 4.31 Å². The van der Waals surface area contributed by atoms with Crippen LogP contribution in [0.4, 0.5) is 16.2 Å². The van der Waals surface area contributed by atoms with Gasteiger partial charge in [0.15, 0.2) is 0 Å². The smallest absolute Gasteiger partial charge is 0.336 e. The van der Waals surface area contributed by atoms with Crippen molar-refractivity contribution in [2.24, 2.45) is 0 Å². The third-order valence-electron chi connectivity index (χ3n) is 4.02. The number of thiol groups is 1. The number of para-hydroxylation sites is 3. The molecule has 1 heterocycles. The fourth-order valence-corrected chi connectivity index (χ4v) is 3.08. The first-order valence-electron chi connectivity index (χ1n) is 7.95. The number of aromatic nitrogens is 2. The quantitative estimate of drug-likeness (QED) is 0.687. The number of imidazole rings is 1.